The Morgan fingerprint density at radius 3 is 2.52 bits per heavy atom. The maximum atomic E-state index is 12.2. The fourth-order valence-corrected chi connectivity index (χ4v) is 3.88. The van der Waals surface area contributed by atoms with E-state index in [0.717, 1.165) is 32.0 Å². The third-order valence-electron chi connectivity index (χ3n) is 5.26. The van der Waals surface area contributed by atoms with Crippen LogP contribution in [0.3, 0.4) is 0 Å². The van der Waals surface area contributed by atoms with Crippen molar-refractivity contribution in [3.8, 4) is 0 Å². The summed E-state index contributed by atoms with van der Waals surface area (Å²) in [5.74, 6) is 1.40. The Morgan fingerprint density at radius 1 is 1.17 bits per heavy atom. The van der Waals surface area contributed by atoms with Crippen molar-refractivity contribution < 1.29 is 9.53 Å². The maximum Gasteiger partial charge on any atom is 0.410 e. The van der Waals surface area contributed by atoms with Gasteiger partial charge in [0.25, 0.3) is 0 Å². The second-order valence-corrected chi connectivity index (χ2v) is 8.53. The van der Waals surface area contributed by atoms with Gasteiger partial charge in [-0.2, -0.15) is 0 Å². The minimum Gasteiger partial charge on any atom is -0.444 e. The van der Waals surface area contributed by atoms with Gasteiger partial charge in [0, 0.05) is 19.1 Å². The van der Waals surface area contributed by atoms with E-state index in [4.69, 9.17) is 4.74 Å². The van der Waals surface area contributed by atoms with E-state index >= 15 is 0 Å². The molecule has 2 fully saturated rings. The van der Waals surface area contributed by atoms with Gasteiger partial charge in [-0.25, -0.2) is 4.79 Å². The Kier molecular flexibility index (Phi) is 6.75. The minimum atomic E-state index is -0.405. The summed E-state index contributed by atoms with van der Waals surface area (Å²) in [6.45, 7) is 10.8. The summed E-state index contributed by atoms with van der Waals surface area (Å²) in [7, 11) is 0. The van der Waals surface area contributed by atoms with Crippen LogP contribution in [0.5, 0.6) is 0 Å². The van der Waals surface area contributed by atoms with Gasteiger partial charge >= 0.3 is 6.09 Å². The lowest BCUT2D eigenvalue weighted by atomic mass is 9.84. The van der Waals surface area contributed by atoms with Crippen LogP contribution in [0.1, 0.15) is 72.6 Å². The van der Waals surface area contributed by atoms with E-state index < -0.39 is 5.60 Å². The average Bonchev–Trinajstić information content (AvgIpc) is 2.52. The zero-order chi connectivity index (χ0) is 16.9. The van der Waals surface area contributed by atoms with Crippen LogP contribution in [0.4, 0.5) is 4.79 Å². The van der Waals surface area contributed by atoms with Crippen LogP contribution in [0, 0.1) is 11.8 Å². The normalized spacial score (nSPS) is 25.2. The van der Waals surface area contributed by atoms with Crippen molar-refractivity contribution in [1.82, 2.24) is 10.2 Å². The largest absolute Gasteiger partial charge is 0.444 e. The molecular weight excluding hydrogens is 288 g/mol. The number of rotatable bonds is 4. The van der Waals surface area contributed by atoms with E-state index in [0.29, 0.717) is 12.0 Å². The van der Waals surface area contributed by atoms with Crippen molar-refractivity contribution in [1.29, 1.82) is 0 Å². The fraction of sp³-hybridized carbons (Fsp3) is 0.947. The lowest BCUT2D eigenvalue weighted by Crippen LogP contribution is -2.46. The zero-order valence-electron chi connectivity index (χ0n) is 15.6. The van der Waals surface area contributed by atoms with E-state index in [1.54, 1.807) is 0 Å². The third-order valence-corrected chi connectivity index (χ3v) is 5.26. The van der Waals surface area contributed by atoms with Crippen molar-refractivity contribution in [2.45, 2.75) is 84.3 Å². The summed E-state index contributed by atoms with van der Waals surface area (Å²) in [5.41, 5.74) is -0.405. The van der Waals surface area contributed by atoms with Crippen molar-refractivity contribution in [2.75, 3.05) is 19.6 Å². The van der Waals surface area contributed by atoms with Crippen LogP contribution in [-0.2, 0) is 4.74 Å². The number of hydrogen-bond acceptors (Lipinski definition) is 3. The molecule has 2 aliphatic rings. The number of nitrogens with zero attached hydrogens (tertiary/aromatic N) is 1. The smallest absolute Gasteiger partial charge is 0.410 e. The third kappa shape index (κ3) is 6.33. The summed E-state index contributed by atoms with van der Waals surface area (Å²) < 4.78 is 5.51. The highest BCUT2D eigenvalue weighted by Gasteiger charge is 2.28. The quantitative estimate of drug-likeness (QED) is 0.843. The number of likely N-dealkylation sites (tertiary alicyclic amines) is 1. The molecule has 0 aromatic heterocycles. The highest BCUT2D eigenvalue weighted by atomic mass is 16.6. The number of ether oxygens (including phenoxy) is 1. The molecular formula is C19H36N2O2. The monoisotopic (exact) mass is 324 g/mol. The van der Waals surface area contributed by atoms with Gasteiger partial charge in [0.1, 0.15) is 5.60 Å². The van der Waals surface area contributed by atoms with E-state index in [2.05, 4.69) is 12.2 Å². The van der Waals surface area contributed by atoms with Gasteiger partial charge in [-0.1, -0.05) is 19.3 Å². The topological polar surface area (TPSA) is 41.6 Å². The molecule has 134 valence electrons. The Morgan fingerprint density at radius 2 is 1.87 bits per heavy atom. The van der Waals surface area contributed by atoms with Gasteiger partial charge in [-0.3, -0.25) is 0 Å². The molecule has 1 saturated heterocycles. The van der Waals surface area contributed by atoms with Gasteiger partial charge in [0.05, 0.1) is 0 Å². The minimum absolute atomic E-state index is 0.150. The first-order chi connectivity index (χ1) is 10.8. The molecule has 1 aliphatic heterocycles. The van der Waals surface area contributed by atoms with Gasteiger partial charge in [0.15, 0.2) is 0 Å². The van der Waals surface area contributed by atoms with Crippen LogP contribution in [0.2, 0.25) is 0 Å². The van der Waals surface area contributed by atoms with Crippen LogP contribution in [-0.4, -0.2) is 42.3 Å². The van der Waals surface area contributed by atoms with Crippen molar-refractivity contribution in [2.24, 2.45) is 11.8 Å². The summed E-state index contributed by atoms with van der Waals surface area (Å²) in [5, 5.41) is 3.75. The standard InChI is InChI=1S/C19H36N2O2/c1-15(17-10-6-5-7-11-17)20-13-16-9-8-12-21(14-16)18(22)23-19(2,3)4/h15-17,20H,5-14H2,1-4H3. The first-order valence-electron chi connectivity index (χ1n) is 9.56. The molecule has 1 aliphatic carbocycles. The zero-order valence-corrected chi connectivity index (χ0v) is 15.6. The first-order valence-corrected chi connectivity index (χ1v) is 9.56. The van der Waals surface area contributed by atoms with Gasteiger partial charge in [0.2, 0.25) is 0 Å². The van der Waals surface area contributed by atoms with Crippen molar-refractivity contribution >= 4 is 6.09 Å². The number of hydrogen-bond donors (Lipinski definition) is 1. The molecule has 1 saturated carbocycles. The Labute approximate surface area is 142 Å². The highest BCUT2D eigenvalue weighted by Crippen LogP contribution is 2.26. The fourth-order valence-electron chi connectivity index (χ4n) is 3.88. The predicted molar refractivity (Wildman–Crippen MR) is 94.6 cm³/mol. The van der Waals surface area contributed by atoms with Gasteiger partial charge < -0.3 is 15.0 Å². The van der Waals surface area contributed by atoms with Crippen LogP contribution in [0.15, 0.2) is 0 Å². The molecule has 1 N–H and O–H groups in total. The lowest BCUT2D eigenvalue weighted by molar-refractivity contribution is 0.0164. The van der Waals surface area contributed by atoms with Crippen LogP contribution in [0.25, 0.3) is 0 Å². The number of carbonyl (C=O) groups excluding carboxylic acids is 1. The molecule has 23 heavy (non-hydrogen) atoms. The summed E-state index contributed by atoms with van der Waals surface area (Å²) in [4.78, 5) is 14.1. The molecule has 2 unspecified atom stereocenters. The Balaban J connectivity index is 1.74. The summed E-state index contributed by atoms with van der Waals surface area (Å²) in [6.07, 6.45) is 9.11. The van der Waals surface area contributed by atoms with Gasteiger partial charge in [-0.05, 0) is 71.8 Å². The van der Waals surface area contributed by atoms with Crippen LogP contribution >= 0.6 is 0 Å². The predicted octanol–water partition coefficient (Wildman–Crippen LogP) is 4.19. The van der Waals surface area contributed by atoms with E-state index in [-0.39, 0.29) is 6.09 Å². The van der Waals surface area contributed by atoms with Crippen LogP contribution < -0.4 is 5.32 Å². The van der Waals surface area contributed by atoms with Crippen molar-refractivity contribution in [3.05, 3.63) is 0 Å². The molecule has 0 spiro atoms. The van der Waals surface area contributed by atoms with E-state index in [9.17, 15) is 4.79 Å². The number of carbonyl (C=O) groups is 1. The Bertz CT molecular complexity index is 372. The molecule has 2 rings (SSSR count). The summed E-state index contributed by atoms with van der Waals surface area (Å²) >= 11 is 0. The second kappa shape index (κ2) is 8.36. The molecule has 4 nitrogen and oxygen atoms in total. The second-order valence-electron chi connectivity index (χ2n) is 8.53. The average molecular weight is 325 g/mol. The molecule has 1 heterocycles. The molecule has 0 radical (unpaired) electrons. The first kappa shape index (κ1) is 18.6. The number of nitrogens with one attached hydrogen (secondary N) is 1. The summed E-state index contributed by atoms with van der Waals surface area (Å²) in [6, 6.07) is 0.604. The molecule has 0 aromatic rings. The molecule has 0 aromatic carbocycles. The van der Waals surface area contributed by atoms with E-state index in [1.807, 2.05) is 25.7 Å². The number of piperidine rings is 1. The molecule has 1 amide bonds. The molecule has 2 atom stereocenters. The van der Waals surface area contributed by atoms with Crippen molar-refractivity contribution in [3.63, 3.8) is 0 Å². The van der Waals surface area contributed by atoms with E-state index in [1.165, 1.54) is 38.5 Å². The molecule has 4 heteroatoms. The Hall–Kier alpha value is -0.770. The number of amides is 1. The lowest BCUT2D eigenvalue weighted by Gasteiger charge is -2.35. The maximum absolute atomic E-state index is 12.2. The SMILES string of the molecule is CC(NCC1CCCN(C(=O)OC(C)(C)C)C1)C1CCCCC1. The van der Waals surface area contributed by atoms with Gasteiger partial charge in [-0.15, -0.1) is 0 Å². The highest BCUT2D eigenvalue weighted by molar-refractivity contribution is 5.68. The molecule has 0 bridgehead atoms.